The lowest BCUT2D eigenvalue weighted by molar-refractivity contribution is -0.126. The van der Waals surface area contributed by atoms with Crippen LogP contribution in [0.1, 0.15) is 63.0 Å². The van der Waals surface area contributed by atoms with Crippen molar-refractivity contribution in [1.29, 1.82) is 0 Å². The summed E-state index contributed by atoms with van der Waals surface area (Å²) in [6.07, 6.45) is 5.31. The number of halogens is 1. The summed E-state index contributed by atoms with van der Waals surface area (Å²) in [6, 6.07) is 8.80. The van der Waals surface area contributed by atoms with Gasteiger partial charge in [0.2, 0.25) is 5.91 Å². The molecule has 0 unspecified atom stereocenters. The lowest BCUT2D eigenvalue weighted by atomic mass is 9.77. The maximum absolute atomic E-state index is 13.1. The zero-order chi connectivity index (χ0) is 18.4. The van der Waals surface area contributed by atoms with Crippen molar-refractivity contribution in [1.82, 2.24) is 15.5 Å². The number of carbonyl (C=O) groups excluding carboxylic acids is 1. The summed E-state index contributed by atoms with van der Waals surface area (Å²) in [5.41, 5.74) is 2.25. The fraction of sp³-hybridized carbons (Fsp3) is 0.682. The van der Waals surface area contributed by atoms with E-state index in [0.29, 0.717) is 5.92 Å². The van der Waals surface area contributed by atoms with Gasteiger partial charge in [0.05, 0.1) is 5.41 Å². The van der Waals surface area contributed by atoms with Gasteiger partial charge in [-0.1, -0.05) is 51.0 Å². The van der Waals surface area contributed by atoms with Crippen molar-refractivity contribution in [2.45, 2.75) is 57.3 Å². The van der Waals surface area contributed by atoms with Crippen LogP contribution in [0, 0.1) is 0 Å². The van der Waals surface area contributed by atoms with Gasteiger partial charge in [0.15, 0.2) is 0 Å². The first-order valence-corrected chi connectivity index (χ1v) is 10.4. The highest BCUT2D eigenvalue weighted by atomic mass is 35.5. The number of hydrogen-bond donors (Lipinski definition) is 2. The first-order chi connectivity index (χ1) is 12.6. The third kappa shape index (κ3) is 5.46. The number of rotatable bonds is 7. The van der Waals surface area contributed by atoms with Gasteiger partial charge in [0.1, 0.15) is 0 Å². The molecule has 0 aromatic heterocycles. The highest BCUT2D eigenvalue weighted by Crippen LogP contribution is 2.41. The van der Waals surface area contributed by atoms with E-state index in [1.807, 2.05) is 0 Å². The van der Waals surface area contributed by atoms with Crippen LogP contribution in [0.25, 0.3) is 0 Å². The van der Waals surface area contributed by atoms with E-state index in [2.05, 4.69) is 53.6 Å². The largest absolute Gasteiger partial charge is 0.355 e. The molecule has 0 atom stereocenters. The maximum atomic E-state index is 13.1. The molecule has 4 nitrogen and oxygen atoms in total. The van der Waals surface area contributed by atoms with Gasteiger partial charge >= 0.3 is 0 Å². The van der Waals surface area contributed by atoms with E-state index in [1.165, 1.54) is 11.1 Å². The average molecular weight is 394 g/mol. The Labute approximate surface area is 170 Å². The van der Waals surface area contributed by atoms with E-state index in [-0.39, 0.29) is 23.7 Å². The van der Waals surface area contributed by atoms with E-state index >= 15 is 0 Å². The first kappa shape index (κ1) is 22.2. The van der Waals surface area contributed by atoms with E-state index in [4.69, 9.17) is 0 Å². The van der Waals surface area contributed by atoms with Gasteiger partial charge in [0.25, 0.3) is 0 Å². The molecule has 1 aliphatic heterocycles. The Bertz CT molecular complexity index is 576. The van der Waals surface area contributed by atoms with Crippen molar-refractivity contribution in [2.24, 2.45) is 0 Å². The van der Waals surface area contributed by atoms with Crippen LogP contribution in [-0.4, -0.2) is 50.1 Å². The van der Waals surface area contributed by atoms with Crippen molar-refractivity contribution in [3.63, 3.8) is 0 Å². The quantitative estimate of drug-likeness (QED) is 0.697. The van der Waals surface area contributed by atoms with E-state index in [1.54, 1.807) is 0 Å². The van der Waals surface area contributed by atoms with Gasteiger partial charge in [-0.3, -0.25) is 4.79 Å². The molecule has 1 amide bonds. The van der Waals surface area contributed by atoms with Crippen LogP contribution >= 0.6 is 12.4 Å². The van der Waals surface area contributed by atoms with Gasteiger partial charge < -0.3 is 15.5 Å². The van der Waals surface area contributed by atoms with Crippen LogP contribution < -0.4 is 10.6 Å². The number of carbonyl (C=O) groups is 1. The molecule has 1 aromatic carbocycles. The first-order valence-electron chi connectivity index (χ1n) is 10.4. The van der Waals surface area contributed by atoms with Crippen molar-refractivity contribution < 1.29 is 4.79 Å². The molecule has 2 N–H and O–H groups in total. The van der Waals surface area contributed by atoms with Crippen molar-refractivity contribution in [3.05, 3.63) is 35.4 Å². The molecule has 2 aliphatic rings. The zero-order valence-corrected chi connectivity index (χ0v) is 17.7. The number of benzene rings is 1. The van der Waals surface area contributed by atoms with Crippen molar-refractivity contribution in [2.75, 3.05) is 39.3 Å². The average Bonchev–Trinajstić information content (AvgIpc) is 3.17. The highest BCUT2D eigenvalue weighted by Gasteiger charge is 2.42. The lowest BCUT2D eigenvalue weighted by Gasteiger charge is -2.30. The summed E-state index contributed by atoms with van der Waals surface area (Å²) in [6.45, 7) is 10.7. The zero-order valence-electron chi connectivity index (χ0n) is 16.9. The SMILES string of the molecule is CC(C)c1ccc(C2(C(=O)NCCCN3CCNCC3)CCCC2)cc1.Cl. The molecule has 1 saturated carbocycles. The van der Waals surface area contributed by atoms with Crippen LogP contribution in [0.2, 0.25) is 0 Å². The van der Waals surface area contributed by atoms with Crippen LogP contribution in [0.3, 0.4) is 0 Å². The summed E-state index contributed by atoms with van der Waals surface area (Å²) in [5, 5.41) is 6.64. The number of nitrogens with one attached hydrogen (secondary N) is 2. The molecular formula is C22H36ClN3O. The lowest BCUT2D eigenvalue weighted by Crippen LogP contribution is -2.45. The third-order valence-electron chi connectivity index (χ3n) is 6.17. The van der Waals surface area contributed by atoms with Crippen molar-refractivity contribution >= 4 is 18.3 Å². The molecule has 3 rings (SSSR count). The Morgan fingerprint density at radius 3 is 2.37 bits per heavy atom. The molecule has 1 heterocycles. The van der Waals surface area contributed by atoms with Gasteiger partial charge in [-0.25, -0.2) is 0 Å². The van der Waals surface area contributed by atoms with Gasteiger partial charge in [0, 0.05) is 32.7 Å². The topological polar surface area (TPSA) is 44.4 Å². The predicted octanol–water partition coefficient (Wildman–Crippen LogP) is 3.46. The minimum absolute atomic E-state index is 0. The molecule has 2 fully saturated rings. The standard InChI is InChI=1S/C22H35N3O.ClH/c1-18(2)19-6-8-20(9-7-19)22(10-3-4-11-22)21(26)24-12-5-15-25-16-13-23-14-17-25;/h6-9,18,23H,3-5,10-17H2,1-2H3,(H,24,26);1H. The van der Waals surface area contributed by atoms with Gasteiger partial charge in [-0.2, -0.15) is 0 Å². The normalized spacial score (nSPS) is 19.7. The fourth-order valence-electron chi connectivity index (χ4n) is 4.42. The van der Waals surface area contributed by atoms with Gasteiger partial charge in [-0.05, 0) is 42.9 Å². The molecule has 0 spiro atoms. The second kappa shape index (κ2) is 10.4. The molecule has 1 aromatic rings. The van der Waals surface area contributed by atoms with Gasteiger partial charge in [-0.15, -0.1) is 12.4 Å². The van der Waals surface area contributed by atoms with E-state index in [0.717, 1.165) is 71.4 Å². The molecule has 27 heavy (non-hydrogen) atoms. The van der Waals surface area contributed by atoms with E-state index in [9.17, 15) is 4.79 Å². The van der Waals surface area contributed by atoms with Crippen LogP contribution in [0.5, 0.6) is 0 Å². The van der Waals surface area contributed by atoms with E-state index < -0.39 is 0 Å². The predicted molar refractivity (Wildman–Crippen MR) is 115 cm³/mol. The molecule has 0 radical (unpaired) electrons. The van der Waals surface area contributed by atoms with Crippen LogP contribution in [0.4, 0.5) is 0 Å². The summed E-state index contributed by atoms with van der Waals surface area (Å²) in [5.74, 6) is 0.773. The Hall–Kier alpha value is -1.10. The smallest absolute Gasteiger partial charge is 0.230 e. The Balaban J connectivity index is 0.00000261. The van der Waals surface area contributed by atoms with Crippen molar-refractivity contribution in [3.8, 4) is 0 Å². The highest BCUT2D eigenvalue weighted by molar-refractivity contribution is 5.88. The molecule has 1 aliphatic carbocycles. The molecule has 0 bridgehead atoms. The number of piperazine rings is 1. The molecule has 152 valence electrons. The third-order valence-corrected chi connectivity index (χ3v) is 6.17. The summed E-state index contributed by atoms with van der Waals surface area (Å²) in [4.78, 5) is 15.6. The Morgan fingerprint density at radius 1 is 1.15 bits per heavy atom. The Kier molecular flexibility index (Phi) is 8.59. The molecule has 5 heteroatoms. The molecule has 1 saturated heterocycles. The fourth-order valence-corrected chi connectivity index (χ4v) is 4.42. The monoisotopic (exact) mass is 393 g/mol. The number of amides is 1. The van der Waals surface area contributed by atoms with Crippen LogP contribution in [-0.2, 0) is 10.2 Å². The minimum Gasteiger partial charge on any atom is -0.355 e. The molecular weight excluding hydrogens is 358 g/mol. The summed E-state index contributed by atoms with van der Waals surface area (Å²) in [7, 11) is 0. The number of nitrogens with zero attached hydrogens (tertiary/aromatic N) is 1. The second-order valence-electron chi connectivity index (χ2n) is 8.27. The van der Waals surface area contributed by atoms with Crippen LogP contribution in [0.15, 0.2) is 24.3 Å². The Morgan fingerprint density at radius 2 is 1.78 bits per heavy atom. The second-order valence-corrected chi connectivity index (χ2v) is 8.27. The minimum atomic E-state index is -0.301. The summed E-state index contributed by atoms with van der Waals surface area (Å²) >= 11 is 0. The summed E-state index contributed by atoms with van der Waals surface area (Å²) < 4.78 is 0. The number of hydrogen-bond acceptors (Lipinski definition) is 3. The maximum Gasteiger partial charge on any atom is 0.230 e.